The van der Waals surface area contributed by atoms with Gasteiger partial charge in [-0.1, -0.05) is 12.8 Å². The van der Waals surface area contributed by atoms with Crippen LogP contribution in [0.25, 0.3) is 0 Å². The molecule has 82 valence electrons. The molecule has 0 aliphatic heterocycles. The number of ether oxygens (including phenoxy) is 1. The summed E-state index contributed by atoms with van der Waals surface area (Å²) >= 11 is 0. The molecule has 1 aliphatic carbocycles. The van der Waals surface area contributed by atoms with Crippen LogP contribution in [-0.2, 0) is 9.53 Å². The number of rotatable bonds is 5. The van der Waals surface area contributed by atoms with Crippen molar-refractivity contribution in [3.05, 3.63) is 0 Å². The Hall–Kier alpha value is -0.570. The second-order valence-electron chi connectivity index (χ2n) is 5.00. The molecule has 1 rings (SSSR count). The Morgan fingerprint density at radius 3 is 2.57 bits per heavy atom. The first kappa shape index (κ1) is 11.5. The average Bonchev–Trinajstić information content (AvgIpc) is 2.77. The molecule has 0 unspecified atom stereocenters. The van der Waals surface area contributed by atoms with Gasteiger partial charge in [-0.3, -0.25) is 4.79 Å². The van der Waals surface area contributed by atoms with E-state index >= 15 is 0 Å². The highest BCUT2D eigenvalue weighted by Crippen LogP contribution is 2.31. The quantitative estimate of drug-likeness (QED) is 0.541. The van der Waals surface area contributed by atoms with Gasteiger partial charge in [0.2, 0.25) is 0 Å². The largest absolute Gasteiger partial charge is 0.459 e. The molecule has 0 radical (unpaired) electrons. The number of carbonyl (C=O) groups excluding carboxylic acids is 1. The second-order valence-corrected chi connectivity index (χ2v) is 5.00. The molecule has 3 nitrogen and oxygen atoms in total. The summed E-state index contributed by atoms with van der Waals surface area (Å²) in [7, 11) is 0. The van der Waals surface area contributed by atoms with E-state index in [1.165, 1.54) is 19.3 Å². The fourth-order valence-corrected chi connectivity index (χ4v) is 1.28. The van der Waals surface area contributed by atoms with Crippen LogP contribution in [0.1, 0.15) is 40.0 Å². The van der Waals surface area contributed by atoms with E-state index in [-0.39, 0.29) is 11.6 Å². The highest BCUT2D eigenvalue weighted by molar-refractivity contribution is 5.72. The molecule has 0 saturated heterocycles. The molecule has 1 fully saturated rings. The molecule has 1 aliphatic rings. The summed E-state index contributed by atoms with van der Waals surface area (Å²) in [5, 5.41) is 3.10. The summed E-state index contributed by atoms with van der Waals surface area (Å²) in [5.74, 6) is 0.759. The van der Waals surface area contributed by atoms with Crippen molar-refractivity contribution in [1.29, 1.82) is 0 Å². The Balaban J connectivity index is 1.96. The van der Waals surface area contributed by atoms with E-state index in [1.807, 2.05) is 20.8 Å². The van der Waals surface area contributed by atoms with Gasteiger partial charge >= 0.3 is 5.97 Å². The van der Waals surface area contributed by atoms with Crippen molar-refractivity contribution in [2.24, 2.45) is 5.92 Å². The van der Waals surface area contributed by atoms with Gasteiger partial charge < -0.3 is 10.1 Å². The van der Waals surface area contributed by atoms with Gasteiger partial charge in [-0.05, 0) is 39.7 Å². The molecule has 0 aromatic carbocycles. The highest BCUT2D eigenvalue weighted by atomic mass is 16.6. The lowest BCUT2D eigenvalue weighted by Gasteiger charge is -2.19. The third-order valence-electron chi connectivity index (χ3n) is 2.12. The van der Waals surface area contributed by atoms with Crippen LogP contribution in [-0.4, -0.2) is 24.7 Å². The Morgan fingerprint density at radius 2 is 2.07 bits per heavy atom. The fourth-order valence-electron chi connectivity index (χ4n) is 1.28. The van der Waals surface area contributed by atoms with Crippen LogP contribution in [0.5, 0.6) is 0 Å². The van der Waals surface area contributed by atoms with E-state index in [1.54, 1.807) is 0 Å². The predicted molar refractivity (Wildman–Crippen MR) is 56.1 cm³/mol. The Labute approximate surface area is 86.2 Å². The molecular formula is C11H21NO2. The van der Waals surface area contributed by atoms with Crippen LogP contribution < -0.4 is 5.32 Å². The minimum Gasteiger partial charge on any atom is -0.459 e. The summed E-state index contributed by atoms with van der Waals surface area (Å²) in [4.78, 5) is 11.2. The van der Waals surface area contributed by atoms with Gasteiger partial charge in [0.15, 0.2) is 0 Å². The van der Waals surface area contributed by atoms with E-state index in [4.69, 9.17) is 4.74 Å². The third kappa shape index (κ3) is 5.97. The van der Waals surface area contributed by atoms with Crippen molar-refractivity contribution < 1.29 is 9.53 Å². The van der Waals surface area contributed by atoms with E-state index in [0.717, 1.165) is 12.5 Å². The molecular weight excluding hydrogens is 178 g/mol. The first-order valence-corrected chi connectivity index (χ1v) is 5.40. The molecule has 0 atom stereocenters. The van der Waals surface area contributed by atoms with Gasteiger partial charge in [0, 0.05) is 0 Å². The zero-order valence-electron chi connectivity index (χ0n) is 9.43. The van der Waals surface area contributed by atoms with Crippen molar-refractivity contribution in [1.82, 2.24) is 5.32 Å². The summed E-state index contributed by atoms with van der Waals surface area (Å²) in [6.45, 7) is 6.92. The zero-order chi connectivity index (χ0) is 10.6. The van der Waals surface area contributed by atoms with Crippen molar-refractivity contribution >= 4 is 5.97 Å². The molecule has 1 saturated carbocycles. The van der Waals surface area contributed by atoms with E-state index in [0.29, 0.717) is 6.54 Å². The summed E-state index contributed by atoms with van der Waals surface area (Å²) in [6, 6.07) is 0. The number of carbonyl (C=O) groups is 1. The molecule has 0 bridgehead atoms. The zero-order valence-corrected chi connectivity index (χ0v) is 9.43. The number of nitrogens with one attached hydrogen (secondary N) is 1. The number of hydrogen-bond donors (Lipinski definition) is 1. The van der Waals surface area contributed by atoms with Crippen LogP contribution in [0.4, 0.5) is 0 Å². The summed E-state index contributed by atoms with van der Waals surface area (Å²) in [5.41, 5.74) is -0.366. The Kier molecular flexibility index (Phi) is 3.93. The van der Waals surface area contributed by atoms with E-state index < -0.39 is 0 Å². The standard InChI is InChI=1S/C11H21NO2/c1-11(2,3)14-10(13)8-12-7-6-9-4-5-9/h9,12H,4-8H2,1-3H3. The van der Waals surface area contributed by atoms with Crippen molar-refractivity contribution in [2.45, 2.75) is 45.6 Å². The predicted octanol–water partition coefficient (Wildman–Crippen LogP) is 1.72. The van der Waals surface area contributed by atoms with Crippen LogP contribution in [0, 0.1) is 5.92 Å². The maximum absolute atomic E-state index is 11.2. The average molecular weight is 199 g/mol. The van der Waals surface area contributed by atoms with Gasteiger partial charge in [0.1, 0.15) is 5.60 Å². The Morgan fingerprint density at radius 1 is 1.43 bits per heavy atom. The minimum atomic E-state index is -0.366. The van der Waals surface area contributed by atoms with E-state index in [9.17, 15) is 4.79 Å². The van der Waals surface area contributed by atoms with Gasteiger partial charge in [-0.25, -0.2) is 0 Å². The molecule has 0 heterocycles. The van der Waals surface area contributed by atoms with Gasteiger partial charge in [0.05, 0.1) is 6.54 Å². The summed E-state index contributed by atoms with van der Waals surface area (Å²) in [6.07, 6.45) is 3.94. The van der Waals surface area contributed by atoms with Crippen molar-refractivity contribution in [3.63, 3.8) is 0 Å². The number of hydrogen-bond acceptors (Lipinski definition) is 3. The first-order valence-electron chi connectivity index (χ1n) is 5.40. The molecule has 1 N–H and O–H groups in total. The van der Waals surface area contributed by atoms with Crippen LogP contribution in [0.15, 0.2) is 0 Å². The SMILES string of the molecule is CC(C)(C)OC(=O)CNCCC1CC1. The van der Waals surface area contributed by atoms with Gasteiger partial charge in [-0.15, -0.1) is 0 Å². The van der Waals surface area contributed by atoms with Crippen LogP contribution >= 0.6 is 0 Å². The molecule has 0 amide bonds. The summed E-state index contributed by atoms with van der Waals surface area (Å²) < 4.78 is 5.16. The normalized spacial score (nSPS) is 16.8. The van der Waals surface area contributed by atoms with Gasteiger partial charge in [-0.2, -0.15) is 0 Å². The number of esters is 1. The van der Waals surface area contributed by atoms with E-state index in [2.05, 4.69) is 5.32 Å². The lowest BCUT2D eigenvalue weighted by molar-refractivity contribution is -0.153. The van der Waals surface area contributed by atoms with Gasteiger partial charge in [0.25, 0.3) is 0 Å². The third-order valence-corrected chi connectivity index (χ3v) is 2.12. The molecule has 14 heavy (non-hydrogen) atoms. The van der Waals surface area contributed by atoms with Crippen molar-refractivity contribution in [2.75, 3.05) is 13.1 Å². The monoisotopic (exact) mass is 199 g/mol. The smallest absolute Gasteiger partial charge is 0.320 e. The van der Waals surface area contributed by atoms with Crippen molar-refractivity contribution in [3.8, 4) is 0 Å². The molecule has 3 heteroatoms. The second kappa shape index (κ2) is 4.78. The molecule has 0 aromatic rings. The maximum atomic E-state index is 11.2. The molecule has 0 aromatic heterocycles. The lowest BCUT2D eigenvalue weighted by atomic mass is 10.2. The topological polar surface area (TPSA) is 38.3 Å². The minimum absolute atomic E-state index is 0.159. The Bertz CT molecular complexity index is 192. The molecule has 0 spiro atoms. The fraction of sp³-hybridized carbons (Fsp3) is 0.909. The van der Waals surface area contributed by atoms with Crippen LogP contribution in [0.2, 0.25) is 0 Å². The first-order chi connectivity index (χ1) is 6.47. The van der Waals surface area contributed by atoms with Crippen LogP contribution in [0.3, 0.4) is 0 Å². The lowest BCUT2D eigenvalue weighted by Crippen LogP contribution is -2.32. The maximum Gasteiger partial charge on any atom is 0.320 e. The highest BCUT2D eigenvalue weighted by Gasteiger charge is 2.20.